The molecule has 4 heteroatoms. The maximum absolute atomic E-state index is 8.83. The minimum atomic E-state index is -0.00611. The number of aliphatic hydroxyl groups is 1. The Balaban J connectivity index is 2.36. The SMILES string of the molecule is OCc1cc2c(cn1)OCCS2. The Hall–Kier alpha value is -0.740. The fourth-order valence-corrected chi connectivity index (χ4v) is 1.94. The fraction of sp³-hybridized carbons (Fsp3) is 0.375. The van der Waals surface area contributed by atoms with Crippen LogP contribution >= 0.6 is 11.8 Å². The first-order chi connectivity index (χ1) is 5.90. The van der Waals surface area contributed by atoms with Crippen molar-refractivity contribution in [3.63, 3.8) is 0 Å². The molecule has 0 amide bonds. The number of aliphatic hydroxyl groups excluding tert-OH is 1. The van der Waals surface area contributed by atoms with E-state index in [1.54, 1.807) is 18.0 Å². The van der Waals surface area contributed by atoms with E-state index in [0.717, 1.165) is 23.0 Å². The summed E-state index contributed by atoms with van der Waals surface area (Å²) in [6, 6.07) is 1.87. The van der Waals surface area contributed by atoms with E-state index in [9.17, 15) is 0 Å². The lowest BCUT2D eigenvalue weighted by Crippen LogP contribution is -2.07. The van der Waals surface area contributed by atoms with Crippen molar-refractivity contribution in [2.45, 2.75) is 11.5 Å². The van der Waals surface area contributed by atoms with Crippen LogP contribution in [-0.2, 0) is 6.61 Å². The van der Waals surface area contributed by atoms with Crippen molar-refractivity contribution in [1.82, 2.24) is 4.98 Å². The molecule has 0 bridgehead atoms. The molecular formula is C8H9NO2S. The molecule has 1 aliphatic heterocycles. The molecule has 0 saturated heterocycles. The zero-order valence-corrected chi connectivity index (χ0v) is 7.30. The summed E-state index contributed by atoms with van der Waals surface area (Å²) >= 11 is 1.74. The van der Waals surface area contributed by atoms with E-state index in [-0.39, 0.29) is 6.61 Å². The molecular weight excluding hydrogens is 174 g/mol. The third-order valence-corrected chi connectivity index (χ3v) is 2.65. The van der Waals surface area contributed by atoms with Crippen LogP contribution in [0.2, 0.25) is 0 Å². The Morgan fingerprint density at radius 1 is 1.67 bits per heavy atom. The van der Waals surface area contributed by atoms with E-state index >= 15 is 0 Å². The second-order valence-corrected chi connectivity index (χ2v) is 3.61. The number of nitrogens with zero attached hydrogens (tertiary/aromatic N) is 1. The molecule has 1 aromatic heterocycles. The number of ether oxygens (including phenoxy) is 1. The quantitative estimate of drug-likeness (QED) is 0.707. The predicted molar refractivity (Wildman–Crippen MR) is 46.4 cm³/mol. The second kappa shape index (κ2) is 3.33. The standard InChI is InChI=1S/C8H9NO2S/c10-5-6-3-8-7(4-9-6)11-1-2-12-8/h3-4,10H,1-2,5H2. The summed E-state index contributed by atoms with van der Waals surface area (Å²) in [5.74, 6) is 1.81. The second-order valence-electron chi connectivity index (χ2n) is 2.48. The van der Waals surface area contributed by atoms with Gasteiger partial charge in [0.1, 0.15) is 0 Å². The Kier molecular flexibility index (Phi) is 2.19. The Morgan fingerprint density at radius 3 is 3.42 bits per heavy atom. The van der Waals surface area contributed by atoms with Crippen molar-refractivity contribution in [1.29, 1.82) is 0 Å². The molecule has 2 heterocycles. The smallest absolute Gasteiger partial charge is 0.151 e. The summed E-state index contributed by atoms with van der Waals surface area (Å²) in [5.41, 5.74) is 0.701. The van der Waals surface area contributed by atoms with E-state index in [0.29, 0.717) is 5.69 Å². The van der Waals surface area contributed by atoms with E-state index in [1.807, 2.05) is 6.07 Å². The first kappa shape index (κ1) is 7.89. The van der Waals surface area contributed by atoms with Crippen LogP contribution in [0.25, 0.3) is 0 Å². The maximum Gasteiger partial charge on any atom is 0.151 e. The number of fused-ring (bicyclic) bond motifs is 1. The van der Waals surface area contributed by atoms with Gasteiger partial charge in [-0.25, -0.2) is 0 Å². The van der Waals surface area contributed by atoms with Gasteiger partial charge in [0.2, 0.25) is 0 Å². The van der Waals surface area contributed by atoms with Crippen LogP contribution < -0.4 is 4.74 Å². The molecule has 0 saturated carbocycles. The monoisotopic (exact) mass is 183 g/mol. The molecule has 12 heavy (non-hydrogen) atoms. The zero-order chi connectivity index (χ0) is 8.39. The third-order valence-electron chi connectivity index (χ3n) is 1.65. The van der Waals surface area contributed by atoms with Gasteiger partial charge in [-0.2, -0.15) is 0 Å². The Morgan fingerprint density at radius 2 is 2.58 bits per heavy atom. The first-order valence-electron chi connectivity index (χ1n) is 3.75. The first-order valence-corrected chi connectivity index (χ1v) is 4.74. The summed E-state index contributed by atoms with van der Waals surface area (Å²) in [6.07, 6.45) is 1.67. The zero-order valence-electron chi connectivity index (χ0n) is 6.49. The van der Waals surface area contributed by atoms with Gasteiger partial charge in [-0.05, 0) is 6.07 Å². The average molecular weight is 183 g/mol. The number of hydrogen-bond acceptors (Lipinski definition) is 4. The van der Waals surface area contributed by atoms with Crippen molar-refractivity contribution in [3.8, 4) is 5.75 Å². The topological polar surface area (TPSA) is 42.4 Å². The normalized spacial score (nSPS) is 15.1. The minimum Gasteiger partial charge on any atom is -0.490 e. The summed E-state index contributed by atoms with van der Waals surface area (Å²) in [7, 11) is 0. The van der Waals surface area contributed by atoms with Gasteiger partial charge in [0.25, 0.3) is 0 Å². The van der Waals surface area contributed by atoms with Crippen LogP contribution in [0.5, 0.6) is 5.75 Å². The molecule has 2 rings (SSSR count). The van der Waals surface area contributed by atoms with Gasteiger partial charge in [-0.1, -0.05) is 0 Å². The van der Waals surface area contributed by atoms with Crippen molar-refractivity contribution >= 4 is 11.8 Å². The van der Waals surface area contributed by atoms with E-state index in [2.05, 4.69) is 4.98 Å². The molecule has 0 unspecified atom stereocenters. The lowest BCUT2D eigenvalue weighted by Gasteiger charge is -2.16. The molecule has 0 atom stereocenters. The van der Waals surface area contributed by atoms with Crippen molar-refractivity contribution in [2.24, 2.45) is 0 Å². The van der Waals surface area contributed by atoms with Gasteiger partial charge in [-0.3, -0.25) is 4.98 Å². The largest absolute Gasteiger partial charge is 0.490 e. The van der Waals surface area contributed by atoms with Crippen molar-refractivity contribution in [3.05, 3.63) is 18.0 Å². The van der Waals surface area contributed by atoms with E-state index < -0.39 is 0 Å². The highest BCUT2D eigenvalue weighted by Gasteiger charge is 2.11. The number of rotatable bonds is 1. The molecule has 0 aromatic carbocycles. The van der Waals surface area contributed by atoms with Crippen molar-refractivity contribution < 1.29 is 9.84 Å². The molecule has 1 aromatic rings. The van der Waals surface area contributed by atoms with Gasteiger partial charge >= 0.3 is 0 Å². The number of thioether (sulfide) groups is 1. The molecule has 1 N–H and O–H groups in total. The molecule has 0 spiro atoms. The molecule has 3 nitrogen and oxygen atoms in total. The van der Waals surface area contributed by atoms with Gasteiger partial charge in [-0.15, -0.1) is 11.8 Å². The number of hydrogen-bond donors (Lipinski definition) is 1. The Bertz CT molecular complexity index is 290. The predicted octanol–water partition coefficient (Wildman–Crippen LogP) is 1.06. The van der Waals surface area contributed by atoms with Gasteiger partial charge in [0.15, 0.2) is 5.75 Å². The van der Waals surface area contributed by atoms with E-state index in [1.165, 1.54) is 0 Å². The minimum absolute atomic E-state index is 0.00611. The van der Waals surface area contributed by atoms with Crippen LogP contribution in [0.3, 0.4) is 0 Å². The summed E-state index contributed by atoms with van der Waals surface area (Å²) in [6.45, 7) is 0.742. The molecule has 64 valence electrons. The van der Waals surface area contributed by atoms with Crippen LogP contribution in [0.15, 0.2) is 17.2 Å². The van der Waals surface area contributed by atoms with Crippen LogP contribution in [0.1, 0.15) is 5.69 Å². The van der Waals surface area contributed by atoms with Crippen molar-refractivity contribution in [2.75, 3.05) is 12.4 Å². The highest BCUT2D eigenvalue weighted by Crippen LogP contribution is 2.32. The maximum atomic E-state index is 8.83. The van der Waals surface area contributed by atoms with Gasteiger partial charge in [0, 0.05) is 5.75 Å². The van der Waals surface area contributed by atoms with Gasteiger partial charge in [0.05, 0.1) is 30.0 Å². The summed E-state index contributed by atoms with van der Waals surface area (Å²) in [4.78, 5) is 5.11. The fourth-order valence-electron chi connectivity index (χ4n) is 1.08. The molecule has 0 aliphatic carbocycles. The average Bonchev–Trinajstić information content (AvgIpc) is 2.17. The van der Waals surface area contributed by atoms with Crippen LogP contribution in [0.4, 0.5) is 0 Å². The highest BCUT2D eigenvalue weighted by molar-refractivity contribution is 7.99. The number of aromatic nitrogens is 1. The molecule has 0 radical (unpaired) electrons. The lowest BCUT2D eigenvalue weighted by atomic mass is 10.3. The van der Waals surface area contributed by atoms with Crippen LogP contribution in [0, 0.1) is 0 Å². The lowest BCUT2D eigenvalue weighted by molar-refractivity contribution is 0.275. The van der Waals surface area contributed by atoms with Gasteiger partial charge < -0.3 is 9.84 Å². The molecule has 0 fully saturated rings. The number of pyridine rings is 1. The summed E-state index contributed by atoms with van der Waals surface area (Å²) < 4.78 is 5.36. The highest BCUT2D eigenvalue weighted by atomic mass is 32.2. The van der Waals surface area contributed by atoms with Crippen LogP contribution in [-0.4, -0.2) is 22.5 Å². The summed E-state index contributed by atoms with van der Waals surface area (Å²) in [5, 5.41) is 8.83. The molecule has 1 aliphatic rings. The van der Waals surface area contributed by atoms with E-state index in [4.69, 9.17) is 9.84 Å². The Labute approximate surface area is 74.8 Å². The third kappa shape index (κ3) is 1.40.